The highest BCUT2D eigenvalue weighted by Crippen LogP contribution is 2.42. The van der Waals surface area contributed by atoms with E-state index in [0.717, 1.165) is 77.7 Å². The molecule has 0 unspecified atom stereocenters. The molecule has 0 saturated heterocycles. The van der Waals surface area contributed by atoms with E-state index in [1.165, 1.54) is 31.3 Å². The topological polar surface area (TPSA) is 38.9 Å². The van der Waals surface area contributed by atoms with Crippen LogP contribution in [0.25, 0.3) is 109 Å². The van der Waals surface area contributed by atoms with Crippen LogP contribution in [0.4, 0.5) is 0 Å². The fraction of sp³-hybridized carbons (Fsp3) is 0. The van der Waals surface area contributed by atoms with Crippen LogP contribution in [0.3, 0.4) is 0 Å². The lowest BCUT2D eigenvalue weighted by Gasteiger charge is -2.12. The molecule has 0 N–H and O–H groups in total. The number of aromatic nitrogens is 2. The van der Waals surface area contributed by atoms with Crippen molar-refractivity contribution < 1.29 is 4.42 Å². The van der Waals surface area contributed by atoms with Gasteiger partial charge >= 0.3 is 0 Å². The van der Waals surface area contributed by atoms with Crippen molar-refractivity contribution in [2.75, 3.05) is 0 Å². The summed E-state index contributed by atoms with van der Waals surface area (Å²) in [6, 6.07) is 64.2. The van der Waals surface area contributed by atoms with E-state index in [1.807, 2.05) is 35.6 Å². The molecule has 0 aliphatic heterocycles. The maximum atomic E-state index is 6.45. The Balaban J connectivity index is 1.01. The zero-order chi connectivity index (χ0) is 35.6. The van der Waals surface area contributed by atoms with Gasteiger partial charge in [0.25, 0.3) is 0 Å². The van der Waals surface area contributed by atoms with Crippen LogP contribution in [-0.4, -0.2) is 9.97 Å². The van der Waals surface area contributed by atoms with Gasteiger partial charge in [-0.25, -0.2) is 9.97 Å². The van der Waals surface area contributed by atoms with Crippen molar-refractivity contribution in [1.82, 2.24) is 9.97 Å². The zero-order valence-electron chi connectivity index (χ0n) is 29.0. The van der Waals surface area contributed by atoms with Gasteiger partial charge in [0.1, 0.15) is 11.2 Å². The van der Waals surface area contributed by atoms with Crippen molar-refractivity contribution in [3.05, 3.63) is 182 Å². The van der Waals surface area contributed by atoms with E-state index in [9.17, 15) is 0 Å². The number of hydrogen-bond donors (Lipinski definition) is 0. The van der Waals surface area contributed by atoms with Gasteiger partial charge in [0.2, 0.25) is 0 Å². The summed E-state index contributed by atoms with van der Waals surface area (Å²) in [4.78, 5) is 10.5. The minimum atomic E-state index is 0.864. The van der Waals surface area contributed by atoms with Gasteiger partial charge < -0.3 is 4.42 Å². The summed E-state index contributed by atoms with van der Waals surface area (Å²) >= 11 is 1.86. The van der Waals surface area contributed by atoms with Crippen molar-refractivity contribution in [2.24, 2.45) is 0 Å². The maximum Gasteiger partial charge on any atom is 0.147 e. The Hall–Kier alpha value is -6.88. The number of benzene rings is 7. The van der Waals surface area contributed by atoms with E-state index < -0.39 is 0 Å². The Morgan fingerprint density at radius 1 is 0.407 bits per heavy atom. The standard InChI is InChI=1S/C50H30N2OS/c1-2-11-31(12-3-1)36-29-43(33-23-21-32(22-24-33)37-16-10-17-39-38-13-6-9-20-46(38)54-50(37)39)51-44(30-36)34-25-27-35(28-26-34)48-47-41-15-5-8-19-45(41)53-49(47)40-14-4-7-18-42(40)52-48/h1-30H. The molecule has 0 amide bonds. The molecule has 11 rings (SSSR count). The van der Waals surface area contributed by atoms with Gasteiger partial charge in [-0.3, -0.25) is 0 Å². The molecule has 0 aliphatic rings. The highest BCUT2D eigenvalue weighted by molar-refractivity contribution is 7.26. The molecule has 0 saturated carbocycles. The summed E-state index contributed by atoms with van der Waals surface area (Å²) < 4.78 is 9.08. The first-order valence-corrected chi connectivity index (χ1v) is 19.0. The van der Waals surface area contributed by atoms with Gasteiger partial charge in [-0.15, -0.1) is 11.3 Å². The second kappa shape index (κ2) is 12.4. The van der Waals surface area contributed by atoms with Crippen molar-refractivity contribution in [3.8, 4) is 56.0 Å². The number of fused-ring (bicyclic) bond motifs is 8. The Labute approximate surface area is 315 Å². The van der Waals surface area contributed by atoms with Gasteiger partial charge in [-0.05, 0) is 58.7 Å². The Kier molecular flexibility index (Phi) is 7.04. The van der Waals surface area contributed by atoms with Gasteiger partial charge in [0.05, 0.1) is 28.0 Å². The van der Waals surface area contributed by atoms with Crippen molar-refractivity contribution in [2.45, 2.75) is 0 Å². The predicted octanol–water partition coefficient (Wildman–Crippen LogP) is 14.2. The van der Waals surface area contributed by atoms with Crippen LogP contribution >= 0.6 is 11.3 Å². The maximum absolute atomic E-state index is 6.45. The summed E-state index contributed by atoms with van der Waals surface area (Å²) in [5, 5.41) is 5.75. The number of para-hydroxylation sites is 2. The number of hydrogen-bond acceptors (Lipinski definition) is 4. The predicted molar refractivity (Wildman–Crippen MR) is 227 cm³/mol. The molecule has 0 spiro atoms. The Morgan fingerprint density at radius 2 is 1.02 bits per heavy atom. The summed E-state index contributed by atoms with van der Waals surface area (Å²) in [7, 11) is 0. The quantitative estimate of drug-likeness (QED) is 0.179. The lowest BCUT2D eigenvalue weighted by atomic mass is 9.97. The second-order valence-corrected chi connectivity index (χ2v) is 14.8. The third kappa shape index (κ3) is 5.03. The summed E-state index contributed by atoms with van der Waals surface area (Å²) in [6.45, 7) is 0. The normalized spacial score (nSPS) is 11.7. The molecule has 0 bridgehead atoms. The van der Waals surface area contributed by atoms with Gasteiger partial charge in [-0.1, -0.05) is 146 Å². The first-order chi connectivity index (χ1) is 26.7. The number of thiophene rings is 1. The molecule has 3 nitrogen and oxygen atoms in total. The highest BCUT2D eigenvalue weighted by atomic mass is 32.1. The lowest BCUT2D eigenvalue weighted by molar-refractivity contribution is 0.672. The van der Waals surface area contributed by atoms with Crippen LogP contribution in [0.5, 0.6) is 0 Å². The smallest absolute Gasteiger partial charge is 0.147 e. The van der Waals surface area contributed by atoms with E-state index in [2.05, 4.69) is 158 Å². The average Bonchev–Trinajstić information content (AvgIpc) is 3.83. The molecule has 0 radical (unpaired) electrons. The van der Waals surface area contributed by atoms with E-state index in [0.29, 0.717) is 0 Å². The van der Waals surface area contributed by atoms with E-state index >= 15 is 0 Å². The third-order valence-corrected chi connectivity index (χ3v) is 11.7. The van der Waals surface area contributed by atoms with Crippen LogP contribution in [0.15, 0.2) is 186 Å². The summed E-state index contributed by atoms with van der Waals surface area (Å²) in [5.74, 6) is 0. The van der Waals surface area contributed by atoms with Crippen molar-refractivity contribution in [3.63, 3.8) is 0 Å². The fourth-order valence-electron chi connectivity index (χ4n) is 7.84. The van der Waals surface area contributed by atoms with Gasteiger partial charge in [0, 0.05) is 47.6 Å². The first kappa shape index (κ1) is 30.7. The molecule has 0 aliphatic carbocycles. The Bertz CT molecular complexity index is 3200. The Morgan fingerprint density at radius 3 is 1.80 bits per heavy atom. The van der Waals surface area contributed by atoms with E-state index in [-0.39, 0.29) is 0 Å². The monoisotopic (exact) mass is 706 g/mol. The number of rotatable bonds is 5. The third-order valence-electron chi connectivity index (χ3n) is 10.5. The van der Waals surface area contributed by atoms with Crippen LogP contribution in [0, 0.1) is 0 Å². The largest absolute Gasteiger partial charge is 0.455 e. The molecule has 4 heteroatoms. The first-order valence-electron chi connectivity index (χ1n) is 18.1. The second-order valence-electron chi connectivity index (χ2n) is 13.7. The SMILES string of the molecule is c1ccc(-c2cc(-c3ccc(-c4cccc5c4sc4ccccc45)cc3)nc(-c3ccc(-c4nc5ccccc5c5oc6ccccc6c45)cc3)c2)cc1. The molecule has 4 heterocycles. The molecular weight excluding hydrogens is 677 g/mol. The molecular formula is C50H30N2OS. The van der Waals surface area contributed by atoms with Crippen LogP contribution in [0.2, 0.25) is 0 Å². The molecule has 252 valence electrons. The summed E-state index contributed by atoms with van der Waals surface area (Å²) in [6.07, 6.45) is 0. The summed E-state index contributed by atoms with van der Waals surface area (Å²) in [5.41, 5.74) is 13.3. The van der Waals surface area contributed by atoms with Crippen LogP contribution in [0.1, 0.15) is 0 Å². The molecule has 0 fully saturated rings. The van der Waals surface area contributed by atoms with Gasteiger partial charge in [-0.2, -0.15) is 0 Å². The molecule has 7 aromatic carbocycles. The molecule has 0 atom stereocenters. The molecule has 4 aromatic heterocycles. The molecule has 54 heavy (non-hydrogen) atoms. The van der Waals surface area contributed by atoms with Crippen molar-refractivity contribution >= 4 is 64.4 Å². The van der Waals surface area contributed by atoms with E-state index in [1.54, 1.807) is 0 Å². The average molecular weight is 707 g/mol. The number of pyridine rings is 2. The van der Waals surface area contributed by atoms with Crippen LogP contribution in [-0.2, 0) is 0 Å². The minimum absolute atomic E-state index is 0.864. The molecule has 11 aromatic rings. The number of nitrogens with zero attached hydrogens (tertiary/aromatic N) is 2. The van der Waals surface area contributed by atoms with Crippen molar-refractivity contribution in [1.29, 1.82) is 0 Å². The van der Waals surface area contributed by atoms with Gasteiger partial charge in [0.15, 0.2) is 0 Å². The van der Waals surface area contributed by atoms with Crippen LogP contribution < -0.4 is 0 Å². The fourth-order valence-corrected chi connectivity index (χ4v) is 9.07. The lowest BCUT2D eigenvalue weighted by Crippen LogP contribution is -1.92. The minimum Gasteiger partial charge on any atom is -0.455 e. The zero-order valence-corrected chi connectivity index (χ0v) is 29.8. The van der Waals surface area contributed by atoms with E-state index in [4.69, 9.17) is 14.4 Å². The number of furan rings is 1. The highest BCUT2D eigenvalue weighted by Gasteiger charge is 2.18.